The molecule has 1 fully saturated rings. The summed E-state index contributed by atoms with van der Waals surface area (Å²) in [6.45, 7) is 2.13. The minimum atomic E-state index is -1.31. The monoisotopic (exact) mass is 408 g/mol. The van der Waals surface area contributed by atoms with Gasteiger partial charge in [-0.3, -0.25) is 0 Å². The molecular formula is C29H28NO+. The Balaban J connectivity index is 1.53. The van der Waals surface area contributed by atoms with Crippen LogP contribution in [0.3, 0.4) is 0 Å². The third kappa shape index (κ3) is 3.13. The van der Waals surface area contributed by atoms with Crippen LogP contribution in [0, 0.1) is 12.8 Å². The van der Waals surface area contributed by atoms with E-state index in [1.807, 2.05) is 25.4 Å². The Kier molecular flexibility index (Phi) is 3.86. The number of benzene rings is 3. The normalized spacial score (nSPS) is 16.3. The van der Waals surface area contributed by atoms with Crippen LogP contribution in [0.4, 0.5) is 0 Å². The largest absolute Gasteiger partial charge is 0.455 e. The lowest BCUT2D eigenvalue weighted by molar-refractivity contribution is -0.660. The lowest BCUT2D eigenvalue weighted by Gasteiger charge is -2.10. The predicted molar refractivity (Wildman–Crippen MR) is 128 cm³/mol. The van der Waals surface area contributed by atoms with Crippen LogP contribution >= 0.6 is 0 Å². The number of rotatable bonds is 3. The first-order chi connectivity index (χ1) is 15.9. The van der Waals surface area contributed by atoms with E-state index >= 15 is 0 Å². The van der Waals surface area contributed by atoms with Crippen molar-refractivity contribution >= 4 is 32.7 Å². The molecule has 2 aromatic heterocycles. The van der Waals surface area contributed by atoms with E-state index in [2.05, 4.69) is 60.0 Å². The Bertz CT molecular complexity index is 1530. The van der Waals surface area contributed by atoms with Crippen molar-refractivity contribution in [2.45, 2.75) is 39.0 Å². The van der Waals surface area contributed by atoms with Crippen LogP contribution in [0.15, 0.2) is 71.3 Å². The summed E-state index contributed by atoms with van der Waals surface area (Å²) in [6.07, 6.45) is 4.90. The third-order valence-corrected chi connectivity index (χ3v) is 6.86. The zero-order valence-electron chi connectivity index (χ0n) is 20.1. The van der Waals surface area contributed by atoms with Crippen LogP contribution < -0.4 is 4.57 Å². The minimum Gasteiger partial charge on any atom is -0.455 e. The number of hydrogen-bond donors (Lipinski definition) is 0. The van der Waals surface area contributed by atoms with E-state index in [1.165, 1.54) is 5.39 Å². The minimum absolute atomic E-state index is 0.102. The van der Waals surface area contributed by atoms with Crippen molar-refractivity contribution in [1.29, 1.82) is 0 Å². The summed E-state index contributed by atoms with van der Waals surface area (Å²) in [4.78, 5) is 0. The van der Waals surface area contributed by atoms with E-state index in [0.717, 1.165) is 75.4 Å². The van der Waals surface area contributed by atoms with Gasteiger partial charge >= 0.3 is 0 Å². The number of furan rings is 1. The van der Waals surface area contributed by atoms with Crippen molar-refractivity contribution in [2.75, 3.05) is 0 Å². The Labute approximate surface area is 185 Å². The average molecular weight is 409 g/mol. The van der Waals surface area contributed by atoms with Gasteiger partial charge in [0.25, 0.3) is 0 Å². The molecule has 3 aromatic carbocycles. The summed E-state index contributed by atoms with van der Waals surface area (Å²) >= 11 is 0. The molecule has 0 aliphatic heterocycles. The van der Waals surface area contributed by atoms with Gasteiger partial charge in [-0.05, 0) is 53.9 Å². The van der Waals surface area contributed by atoms with Gasteiger partial charge in [-0.1, -0.05) is 56.0 Å². The summed E-state index contributed by atoms with van der Waals surface area (Å²) in [6, 6.07) is 21.0. The molecule has 0 amide bonds. The van der Waals surface area contributed by atoms with E-state index in [1.54, 1.807) is 0 Å². The fourth-order valence-corrected chi connectivity index (χ4v) is 5.17. The number of nitrogens with zero attached hydrogens (tertiary/aromatic N) is 1. The van der Waals surface area contributed by atoms with Crippen molar-refractivity contribution in [3.8, 4) is 11.3 Å². The second-order valence-electron chi connectivity index (χ2n) is 8.97. The van der Waals surface area contributed by atoms with Crippen LogP contribution in [-0.2, 0) is 13.4 Å². The van der Waals surface area contributed by atoms with Gasteiger partial charge in [-0.2, -0.15) is 0 Å². The molecule has 2 nitrogen and oxygen atoms in total. The van der Waals surface area contributed by atoms with Gasteiger partial charge < -0.3 is 4.42 Å². The molecule has 0 unspecified atom stereocenters. The first-order valence-corrected chi connectivity index (χ1v) is 11.3. The van der Waals surface area contributed by atoms with E-state index in [9.17, 15) is 0 Å². The van der Waals surface area contributed by atoms with Crippen LogP contribution in [0.1, 0.15) is 39.6 Å². The van der Waals surface area contributed by atoms with Gasteiger partial charge in [0, 0.05) is 31.0 Å². The van der Waals surface area contributed by atoms with Gasteiger partial charge in [0.05, 0.1) is 5.56 Å². The first-order valence-electron chi connectivity index (χ1n) is 12.3. The highest BCUT2D eigenvalue weighted by molar-refractivity contribution is 6.15. The van der Waals surface area contributed by atoms with Crippen molar-refractivity contribution in [1.82, 2.24) is 0 Å². The van der Waals surface area contributed by atoms with Crippen molar-refractivity contribution < 1.29 is 11.7 Å². The molecule has 0 atom stereocenters. The smallest absolute Gasteiger partial charge is 0.212 e. The summed E-state index contributed by atoms with van der Waals surface area (Å²) in [5.74, 6) is 0.102. The number of aromatic nitrogens is 1. The number of hydrogen-bond acceptors (Lipinski definition) is 1. The second-order valence-corrected chi connectivity index (χ2v) is 8.97. The molecule has 2 heterocycles. The highest BCUT2D eigenvalue weighted by atomic mass is 16.3. The maximum atomic E-state index is 8.87. The maximum absolute atomic E-state index is 8.87. The van der Waals surface area contributed by atoms with Crippen LogP contribution in [-0.4, -0.2) is 0 Å². The summed E-state index contributed by atoms with van der Waals surface area (Å²) < 4.78 is 26.2. The van der Waals surface area contributed by atoms with E-state index in [0.29, 0.717) is 0 Å². The highest BCUT2D eigenvalue weighted by Gasteiger charge is 2.20. The molecule has 0 saturated heterocycles. The Morgan fingerprint density at radius 2 is 1.81 bits per heavy atom. The van der Waals surface area contributed by atoms with E-state index < -0.39 is 6.37 Å². The first kappa shape index (κ1) is 16.5. The maximum Gasteiger partial charge on any atom is 0.212 e. The quantitative estimate of drug-likeness (QED) is 0.287. The Hall–Kier alpha value is -3.13. The topological polar surface area (TPSA) is 17.0 Å². The molecule has 1 aliphatic carbocycles. The molecule has 0 radical (unpaired) electrons. The Morgan fingerprint density at radius 3 is 2.68 bits per heavy atom. The van der Waals surface area contributed by atoms with Crippen molar-refractivity contribution in [3.63, 3.8) is 0 Å². The van der Waals surface area contributed by atoms with Crippen LogP contribution in [0.25, 0.3) is 44.0 Å². The molecule has 0 N–H and O–H groups in total. The summed E-state index contributed by atoms with van der Waals surface area (Å²) in [5, 5.41) is 4.56. The van der Waals surface area contributed by atoms with E-state index in [-0.39, 0.29) is 5.92 Å². The highest BCUT2D eigenvalue weighted by Crippen LogP contribution is 2.37. The van der Waals surface area contributed by atoms with Crippen molar-refractivity contribution in [2.24, 2.45) is 13.0 Å². The average Bonchev–Trinajstić information content (AvgIpc) is 3.48. The number of fused-ring (bicyclic) bond motifs is 5. The fourth-order valence-electron chi connectivity index (χ4n) is 5.17. The second kappa shape index (κ2) is 7.23. The molecular weight excluding hydrogens is 378 g/mol. The van der Waals surface area contributed by atoms with Gasteiger partial charge in [0.15, 0.2) is 6.20 Å². The molecule has 0 spiro atoms. The summed E-state index contributed by atoms with van der Waals surface area (Å²) in [5.41, 5.74) is 5.82. The molecule has 1 aliphatic rings. The van der Waals surface area contributed by atoms with Gasteiger partial charge in [-0.15, -0.1) is 0 Å². The molecule has 0 bridgehead atoms. The van der Waals surface area contributed by atoms with Gasteiger partial charge in [-0.25, -0.2) is 4.57 Å². The summed E-state index contributed by atoms with van der Waals surface area (Å²) in [7, 11) is 2.03. The number of pyridine rings is 1. The van der Waals surface area contributed by atoms with Gasteiger partial charge in [0.1, 0.15) is 18.2 Å². The Morgan fingerprint density at radius 1 is 0.968 bits per heavy atom. The predicted octanol–water partition coefficient (Wildman–Crippen LogP) is 7.27. The van der Waals surface area contributed by atoms with Crippen molar-refractivity contribution in [3.05, 3.63) is 78.0 Å². The van der Waals surface area contributed by atoms with Gasteiger partial charge in [0.2, 0.25) is 5.69 Å². The molecule has 154 valence electrons. The van der Waals surface area contributed by atoms with Crippen LogP contribution in [0.2, 0.25) is 0 Å². The standard InChI is InChI=1S/C29H28NO/c1-19-15-26-24-12-11-22-9-5-6-10-23(22)29(24)31-28(26)18-25(19)27-17-21(13-14-30(27)2)16-20-7-3-4-8-20/h5-6,9-15,17-18,20H,3-4,7-8,16H2,1-2H3/q+1/i16D2. The number of aryl methyl sites for hydroxylation is 2. The SMILES string of the molecule is [2H]C([2H])(c1cc[n+](C)c(-c2cc3oc4c5ccccc5ccc4c3cc2C)c1)C1CCCC1. The third-order valence-electron chi connectivity index (χ3n) is 6.86. The lowest BCUT2D eigenvalue weighted by atomic mass is 9.95. The molecule has 31 heavy (non-hydrogen) atoms. The lowest BCUT2D eigenvalue weighted by Crippen LogP contribution is -2.30. The molecule has 2 heteroatoms. The molecule has 5 aromatic rings. The zero-order chi connectivity index (χ0) is 22.7. The molecule has 6 rings (SSSR count). The zero-order valence-corrected chi connectivity index (χ0v) is 18.1. The van der Waals surface area contributed by atoms with E-state index in [4.69, 9.17) is 7.16 Å². The van der Waals surface area contributed by atoms with Crippen LogP contribution in [0.5, 0.6) is 0 Å². The molecule has 1 saturated carbocycles. The fraction of sp³-hybridized carbons (Fsp3) is 0.276.